The van der Waals surface area contributed by atoms with Crippen LogP contribution in [-0.2, 0) is 9.59 Å². The third kappa shape index (κ3) is 4.52. The number of carbonyl (C=O) groups is 2. The van der Waals surface area contributed by atoms with Gasteiger partial charge in [-0.25, -0.2) is 9.97 Å². The van der Waals surface area contributed by atoms with Crippen LogP contribution in [0, 0.1) is 0 Å². The molecule has 0 radical (unpaired) electrons. The second-order valence-corrected chi connectivity index (χ2v) is 6.44. The standard InChI is InChI=1S/C19H15BrN4O2/c1-12(25)5-8-18(26)23-15-6-7-17-16(10-15)19(22-11-21-17)24-14-4-2-3-13(20)9-14/h2-11H,1H3,(H,23,26)(H,21,22,24)/b8-5+. The number of carbonyl (C=O) groups excluding carboxylic acids is 2. The van der Waals surface area contributed by atoms with Crippen LogP contribution >= 0.6 is 15.9 Å². The number of nitrogens with zero attached hydrogens (tertiary/aromatic N) is 2. The number of amides is 1. The number of fused-ring (bicyclic) bond motifs is 1. The Bertz CT molecular complexity index is 1020. The van der Waals surface area contributed by atoms with E-state index in [1.807, 2.05) is 24.3 Å². The van der Waals surface area contributed by atoms with Crippen LogP contribution in [0.15, 0.2) is 65.4 Å². The number of nitrogens with one attached hydrogen (secondary N) is 2. The maximum atomic E-state index is 11.9. The van der Waals surface area contributed by atoms with Crippen LogP contribution in [0.5, 0.6) is 0 Å². The van der Waals surface area contributed by atoms with Crippen molar-refractivity contribution in [3.63, 3.8) is 0 Å². The van der Waals surface area contributed by atoms with Crippen LogP contribution in [0.2, 0.25) is 0 Å². The van der Waals surface area contributed by atoms with E-state index in [4.69, 9.17) is 0 Å². The Balaban J connectivity index is 1.90. The molecule has 0 saturated heterocycles. The zero-order valence-electron chi connectivity index (χ0n) is 13.9. The van der Waals surface area contributed by atoms with Crippen molar-refractivity contribution >= 4 is 55.7 Å². The van der Waals surface area contributed by atoms with E-state index in [-0.39, 0.29) is 11.7 Å². The summed E-state index contributed by atoms with van der Waals surface area (Å²) in [6.45, 7) is 1.39. The molecule has 0 unspecified atom stereocenters. The lowest BCUT2D eigenvalue weighted by atomic mass is 10.2. The zero-order chi connectivity index (χ0) is 18.5. The minimum atomic E-state index is -0.377. The van der Waals surface area contributed by atoms with E-state index >= 15 is 0 Å². The van der Waals surface area contributed by atoms with Gasteiger partial charge in [0.15, 0.2) is 5.78 Å². The van der Waals surface area contributed by atoms with Crippen LogP contribution in [0.3, 0.4) is 0 Å². The van der Waals surface area contributed by atoms with Gasteiger partial charge in [0.25, 0.3) is 0 Å². The molecule has 7 heteroatoms. The molecule has 0 fully saturated rings. The lowest BCUT2D eigenvalue weighted by Crippen LogP contribution is -2.08. The van der Waals surface area contributed by atoms with Gasteiger partial charge < -0.3 is 10.6 Å². The molecule has 2 aromatic carbocycles. The molecule has 0 aliphatic rings. The monoisotopic (exact) mass is 410 g/mol. The van der Waals surface area contributed by atoms with Crippen LogP contribution in [0.4, 0.5) is 17.2 Å². The Morgan fingerprint density at radius 2 is 1.88 bits per heavy atom. The smallest absolute Gasteiger partial charge is 0.248 e. The SMILES string of the molecule is CC(=O)/C=C/C(=O)Nc1ccc2ncnc(Nc3cccc(Br)c3)c2c1. The van der Waals surface area contributed by atoms with Crippen molar-refractivity contribution in [2.75, 3.05) is 10.6 Å². The maximum absolute atomic E-state index is 11.9. The van der Waals surface area contributed by atoms with Crippen molar-refractivity contribution in [1.29, 1.82) is 0 Å². The molecule has 0 aliphatic heterocycles. The van der Waals surface area contributed by atoms with E-state index in [1.165, 1.54) is 25.4 Å². The first kappa shape index (κ1) is 17.8. The summed E-state index contributed by atoms with van der Waals surface area (Å²) < 4.78 is 0.950. The molecule has 0 bridgehead atoms. The van der Waals surface area contributed by atoms with Gasteiger partial charge in [0.05, 0.1) is 5.52 Å². The number of hydrogen-bond acceptors (Lipinski definition) is 5. The second kappa shape index (κ2) is 7.88. The van der Waals surface area contributed by atoms with Crippen molar-refractivity contribution in [2.45, 2.75) is 6.92 Å². The highest BCUT2D eigenvalue weighted by atomic mass is 79.9. The third-order valence-electron chi connectivity index (χ3n) is 3.46. The summed E-state index contributed by atoms with van der Waals surface area (Å²) in [6.07, 6.45) is 3.91. The van der Waals surface area contributed by atoms with Gasteiger partial charge in [0, 0.05) is 27.3 Å². The number of ketones is 1. The van der Waals surface area contributed by atoms with E-state index in [2.05, 4.69) is 36.5 Å². The molecule has 1 heterocycles. The first-order chi connectivity index (χ1) is 12.5. The first-order valence-electron chi connectivity index (χ1n) is 7.78. The fourth-order valence-corrected chi connectivity index (χ4v) is 2.71. The van der Waals surface area contributed by atoms with Gasteiger partial charge in [0.1, 0.15) is 12.1 Å². The van der Waals surface area contributed by atoms with E-state index in [0.717, 1.165) is 21.1 Å². The van der Waals surface area contributed by atoms with Gasteiger partial charge in [0.2, 0.25) is 5.91 Å². The third-order valence-corrected chi connectivity index (χ3v) is 3.95. The average Bonchev–Trinajstić information content (AvgIpc) is 2.60. The van der Waals surface area contributed by atoms with Gasteiger partial charge in [-0.05, 0) is 49.4 Å². The summed E-state index contributed by atoms with van der Waals surface area (Å²) in [6, 6.07) is 13.1. The zero-order valence-corrected chi connectivity index (χ0v) is 15.4. The highest BCUT2D eigenvalue weighted by Gasteiger charge is 2.07. The highest BCUT2D eigenvalue weighted by molar-refractivity contribution is 9.10. The summed E-state index contributed by atoms with van der Waals surface area (Å²) in [5.41, 5.74) is 2.20. The molecule has 1 amide bonds. The van der Waals surface area contributed by atoms with E-state index < -0.39 is 0 Å². The largest absolute Gasteiger partial charge is 0.340 e. The number of benzene rings is 2. The second-order valence-electron chi connectivity index (χ2n) is 5.52. The van der Waals surface area contributed by atoms with E-state index in [1.54, 1.807) is 18.2 Å². The molecule has 0 aliphatic carbocycles. The van der Waals surface area contributed by atoms with Crippen molar-refractivity contribution in [1.82, 2.24) is 9.97 Å². The van der Waals surface area contributed by atoms with Crippen molar-refractivity contribution in [3.8, 4) is 0 Å². The molecule has 1 aromatic heterocycles. The fraction of sp³-hybridized carbons (Fsp3) is 0.0526. The van der Waals surface area contributed by atoms with Crippen molar-refractivity contribution in [3.05, 3.63) is 65.4 Å². The van der Waals surface area contributed by atoms with Gasteiger partial charge in [-0.15, -0.1) is 0 Å². The number of allylic oxidation sites excluding steroid dienone is 1. The molecule has 3 rings (SSSR count). The summed E-state index contributed by atoms with van der Waals surface area (Å²) in [5, 5.41) is 6.74. The Morgan fingerprint density at radius 1 is 1.04 bits per heavy atom. The minimum absolute atomic E-state index is 0.187. The Morgan fingerprint density at radius 3 is 2.65 bits per heavy atom. The topological polar surface area (TPSA) is 84.0 Å². The Hall–Kier alpha value is -3.06. The number of hydrogen-bond donors (Lipinski definition) is 2. The summed E-state index contributed by atoms with van der Waals surface area (Å²) in [5.74, 6) is 0.0638. The van der Waals surface area contributed by atoms with Crippen LogP contribution in [0.25, 0.3) is 10.9 Å². The normalized spacial score (nSPS) is 10.8. The van der Waals surface area contributed by atoms with Gasteiger partial charge in [-0.1, -0.05) is 22.0 Å². The molecule has 3 aromatic rings. The maximum Gasteiger partial charge on any atom is 0.248 e. The van der Waals surface area contributed by atoms with Gasteiger partial charge in [-0.2, -0.15) is 0 Å². The molecular formula is C19H15BrN4O2. The lowest BCUT2D eigenvalue weighted by Gasteiger charge is -2.10. The van der Waals surface area contributed by atoms with Crippen LogP contribution in [-0.4, -0.2) is 21.7 Å². The molecule has 6 nitrogen and oxygen atoms in total. The number of anilines is 3. The molecule has 0 atom stereocenters. The van der Waals surface area contributed by atoms with Crippen molar-refractivity contribution < 1.29 is 9.59 Å². The lowest BCUT2D eigenvalue weighted by molar-refractivity contribution is -0.114. The summed E-state index contributed by atoms with van der Waals surface area (Å²) >= 11 is 3.44. The number of halogens is 1. The van der Waals surface area contributed by atoms with Gasteiger partial charge >= 0.3 is 0 Å². The molecule has 0 saturated carbocycles. The molecule has 26 heavy (non-hydrogen) atoms. The predicted molar refractivity (Wildman–Crippen MR) is 105 cm³/mol. The number of aromatic nitrogens is 2. The summed E-state index contributed by atoms with van der Waals surface area (Å²) in [7, 11) is 0. The Kier molecular flexibility index (Phi) is 5.38. The average molecular weight is 411 g/mol. The number of rotatable bonds is 5. The van der Waals surface area contributed by atoms with E-state index in [0.29, 0.717) is 11.5 Å². The van der Waals surface area contributed by atoms with Crippen LogP contribution < -0.4 is 10.6 Å². The molecule has 0 spiro atoms. The Labute approximate surface area is 158 Å². The van der Waals surface area contributed by atoms with E-state index in [9.17, 15) is 9.59 Å². The van der Waals surface area contributed by atoms with Crippen LogP contribution in [0.1, 0.15) is 6.92 Å². The first-order valence-corrected chi connectivity index (χ1v) is 8.57. The van der Waals surface area contributed by atoms with Crippen molar-refractivity contribution in [2.24, 2.45) is 0 Å². The quantitative estimate of drug-likeness (QED) is 0.615. The predicted octanol–water partition coefficient (Wildman–Crippen LogP) is 4.22. The minimum Gasteiger partial charge on any atom is -0.340 e. The summed E-state index contributed by atoms with van der Waals surface area (Å²) in [4.78, 5) is 31.3. The molecule has 130 valence electrons. The fourth-order valence-electron chi connectivity index (χ4n) is 2.31. The van der Waals surface area contributed by atoms with Gasteiger partial charge in [-0.3, -0.25) is 9.59 Å². The molecule has 2 N–H and O–H groups in total. The highest BCUT2D eigenvalue weighted by Crippen LogP contribution is 2.26. The molecular weight excluding hydrogens is 396 g/mol.